The average molecular weight is 429 g/mol. The lowest BCUT2D eigenvalue weighted by molar-refractivity contribution is 0.0960. The van der Waals surface area contributed by atoms with Gasteiger partial charge in [0.2, 0.25) is 10.0 Å². The largest absolute Gasteiger partial charge is 0.488 e. The van der Waals surface area contributed by atoms with Gasteiger partial charge in [0, 0.05) is 29.1 Å². The van der Waals surface area contributed by atoms with Crippen LogP contribution in [0.2, 0.25) is 0 Å². The number of nitrogens with one attached hydrogen (secondary N) is 2. The molecule has 0 saturated heterocycles. The van der Waals surface area contributed by atoms with Crippen molar-refractivity contribution < 1.29 is 17.9 Å². The third kappa shape index (κ3) is 4.67. The van der Waals surface area contributed by atoms with E-state index in [4.69, 9.17) is 4.74 Å². The zero-order chi connectivity index (χ0) is 20.3. The molecule has 2 heterocycles. The Morgan fingerprint density at radius 1 is 1.07 bits per heavy atom. The van der Waals surface area contributed by atoms with Crippen LogP contribution in [0.4, 0.5) is 0 Å². The molecule has 0 bridgehead atoms. The van der Waals surface area contributed by atoms with Crippen molar-refractivity contribution in [2.75, 3.05) is 12.3 Å². The molecule has 0 unspecified atom stereocenters. The van der Waals surface area contributed by atoms with Crippen molar-refractivity contribution in [3.63, 3.8) is 0 Å². The van der Waals surface area contributed by atoms with Gasteiger partial charge in [0.25, 0.3) is 5.91 Å². The molecule has 0 spiro atoms. The molecular weight excluding hydrogens is 408 g/mol. The Labute approximate surface area is 173 Å². The van der Waals surface area contributed by atoms with Crippen LogP contribution in [0.15, 0.2) is 60.7 Å². The fraction of sp³-hybridized carbons (Fsp3) is 0.190. The molecular formula is C21H20N2O4S2. The van der Waals surface area contributed by atoms with Crippen molar-refractivity contribution in [2.45, 2.75) is 13.2 Å². The van der Waals surface area contributed by atoms with E-state index in [1.165, 1.54) is 11.3 Å². The smallest absolute Gasteiger partial charge is 0.261 e. The second-order valence-electron chi connectivity index (χ2n) is 6.63. The SMILES string of the molecule is O=C(NCCS(=O)(=O)NCc1ccccc1)c1cc2c(s1)-c1ccccc1OC2. The summed E-state index contributed by atoms with van der Waals surface area (Å²) in [7, 11) is -3.48. The van der Waals surface area contributed by atoms with Gasteiger partial charge in [-0.3, -0.25) is 4.79 Å². The van der Waals surface area contributed by atoms with Crippen LogP contribution in [0.5, 0.6) is 5.75 Å². The maximum atomic E-state index is 12.5. The highest BCUT2D eigenvalue weighted by Gasteiger charge is 2.22. The number of carbonyl (C=O) groups is 1. The molecule has 4 rings (SSSR count). The highest BCUT2D eigenvalue weighted by molar-refractivity contribution is 7.89. The normalized spacial score (nSPS) is 12.6. The molecule has 150 valence electrons. The van der Waals surface area contributed by atoms with E-state index in [1.54, 1.807) is 0 Å². The Morgan fingerprint density at radius 3 is 2.66 bits per heavy atom. The third-order valence-corrected chi connectivity index (χ3v) is 7.08. The molecule has 0 atom stereocenters. The number of thiophene rings is 1. The molecule has 0 fully saturated rings. The summed E-state index contributed by atoms with van der Waals surface area (Å²) >= 11 is 1.39. The van der Waals surface area contributed by atoms with Crippen LogP contribution in [0, 0.1) is 0 Å². The summed E-state index contributed by atoms with van der Waals surface area (Å²) in [6.07, 6.45) is 0. The first-order chi connectivity index (χ1) is 14.0. The molecule has 29 heavy (non-hydrogen) atoms. The van der Waals surface area contributed by atoms with E-state index in [2.05, 4.69) is 10.0 Å². The van der Waals surface area contributed by atoms with E-state index in [1.807, 2.05) is 60.7 Å². The van der Waals surface area contributed by atoms with Crippen LogP contribution >= 0.6 is 11.3 Å². The van der Waals surface area contributed by atoms with E-state index in [-0.39, 0.29) is 24.7 Å². The lowest BCUT2D eigenvalue weighted by Crippen LogP contribution is -2.34. The average Bonchev–Trinajstić information content (AvgIpc) is 3.18. The zero-order valence-corrected chi connectivity index (χ0v) is 17.2. The van der Waals surface area contributed by atoms with E-state index < -0.39 is 10.0 Å². The van der Waals surface area contributed by atoms with Crippen LogP contribution in [0.3, 0.4) is 0 Å². The molecule has 2 aromatic carbocycles. The first-order valence-electron chi connectivity index (χ1n) is 9.16. The van der Waals surface area contributed by atoms with E-state index in [0.29, 0.717) is 11.5 Å². The number of benzene rings is 2. The minimum absolute atomic E-state index is 0.0403. The van der Waals surface area contributed by atoms with Crippen LogP contribution in [0.25, 0.3) is 10.4 Å². The van der Waals surface area contributed by atoms with Crippen molar-refractivity contribution in [2.24, 2.45) is 0 Å². The summed E-state index contributed by atoms with van der Waals surface area (Å²) in [5, 5.41) is 2.70. The maximum absolute atomic E-state index is 12.5. The van der Waals surface area contributed by atoms with E-state index in [0.717, 1.165) is 27.3 Å². The molecule has 2 N–H and O–H groups in total. The molecule has 1 aromatic heterocycles. The molecule has 1 aliphatic rings. The maximum Gasteiger partial charge on any atom is 0.261 e. The highest BCUT2D eigenvalue weighted by Crippen LogP contribution is 2.42. The number of carbonyl (C=O) groups excluding carboxylic acids is 1. The molecule has 8 heteroatoms. The van der Waals surface area contributed by atoms with E-state index in [9.17, 15) is 13.2 Å². The third-order valence-electron chi connectivity index (χ3n) is 4.54. The Hall–Kier alpha value is -2.68. The van der Waals surface area contributed by atoms with Gasteiger partial charge in [-0.25, -0.2) is 13.1 Å². The zero-order valence-electron chi connectivity index (χ0n) is 15.6. The van der Waals surface area contributed by atoms with Gasteiger partial charge in [0.05, 0.1) is 10.6 Å². The van der Waals surface area contributed by atoms with Gasteiger partial charge in [-0.1, -0.05) is 42.5 Å². The number of ether oxygens (including phenoxy) is 1. The van der Waals surface area contributed by atoms with Gasteiger partial charge in [-0.15, -0.1) is 11.3 Å². The number of hydrogen-bond donors (Lipinski definition) is 2. The summed E-state index contributed by atoms with van der Waals surface area (Å²) in [6.45, 7) is 0.695. The summed E-state index contributed by atoms with van der Waals surface area (Å²) in [5.74, 6) is 0.354. The summed E-state index contributed by atoms with van der Waals surface area (Å²) in [6, 6.07) is 18.8. The van der Waals surface area contributed by atoms with Crippen molar-refractivity contribution >= 4 is 27.3 Å². The van der Waals surface area contributed by atoms with Crippen molar-refractivity contribution in [1.82, 2.24) is 10.0 Å². The Bertz CT molecular complexity index is 1120. The molecule has 0 radical (unpaired) electrons. The first kappa shape index (κ1) is 19.6. The molecule has 1 amide bonds. The fourth-order valence-corrected chi connectivity index (χ4v) is 5.07. The Kier molecular flexibility index (Phi) is 5.66. The standard InChI is InChI=1S/C21H20N2O4S2/c24-21(22-10-11-29(25,26)23-13-15-6-2-1-3-7-15)19-12-16-14-27-18-9-5-4-8-17(18)20(16)28-19/h1-9,12,23H,10-11,13-14H2,(H,22,24). The van der Waals surface area contributed by atoms with Crippen molar-refractivity contribution in [3.8, 4) is 16.2 Å². The molecule has 3 aromatic rings. The van der Waals surface area contributed by atoms with Gasteiger partial charge in [-0.2, -0.15) is 0 Å². The second kappa shape index (κ2) is 8.36. The Morgan fingerprint density at radius 2 is 1.83 bits per heavy atom. The van der Waals surface area contributed by atoms with Gasteiger partial charge in [-0.05, 0) is 23.8 Å². The fourth-order valence-electron chi connectivity index (χ4n) is 3.06. The predicted molar refractivity (Wildman–Crippen MR) is 113 cm³/mol. The summed E-state index contributed by atoms with van der Waals surface area (Å²) < 4.78 is 32.6. The van der Waals surface area contributed by atoms with Crippen molar-refractivity contribution in [3.05, 3.63) is 76.7 Å². The number of sulfonamides is 1. The highest BCUT2D eigenvalue weighted by atomic mass is 32.2. The topological polar surface area (TPSA) is 84.5 Å². The minimum Gasteiger partial charge on any atom is -0.488 e. The van der Waals surface area contributed by atoms with Crippen LogP contribution in [-0.2, 0) is 23.2 Å². The number of hydrogen-bond acceptors (Lipinski definition) is 5. The van der Waals surface area contributed by atoms with Crippen molar-refractivity contribution in [1.29, 1.82) is 0 Å². The summed E-state index contributed by atoms with van der Waals surface area (Å²) in [4.78, 5) is 14.1. The molecule has 1 aliphatic heterocycles. The first-order valence-corrected chi connectivity index (χ1v) is 11.6. The van der Waals surface area contributed by atoms with Crippen LogP contribution in [0.1, 0.15) is 20.8 Å². The Balaban J connectivity index is 1.33. The molecule has 0 saturated carbocycles. The van der Waals surface area contributed by atoms with Gasteiger partial charge >= 0.3 is 0 Å². The lowest BCUT2D eigenvalue weighted by atomic mass is 10.1. The lowest BCUT2D eigenvalue weighted by Gasteiger charge is -2.16. The molecule has 6 nitrogen and oxygen atoms in total. The second-order valence-corrected chi connectivity index (χ2v) is 9.61. The number of amides is 1. The number of para-hydroxylation sites is 1. The van der Waals surface area contributed by atoms with Gasteiger partial charge in [0.1, 0.15) is 12.4 Å². The van der Waals surface area contributed by atoms with Crippen LogP contribution in [-0.4, -0.2) is 26.6 Å². The van der Waals surface area contributed by atoms with Gasteiger partial charge in [0.15, 0.2) is 0 Å². The van der Waals surface area contributed by atoms with Crippen LogP contribution < -0.4 is 14.8 Å². The molecule has 0 aliphatic carbocycles. The quantitative estimate of drug-likeness (QED) is 0.605. The minimum atomic E-state index is -3.48. The van der Waals surface area contributed by atoms with E-state index >= 15 is 0 Å². The number of rotatable bonds is 7. The number of fused-ring (bicyclic) bond motifs is 3. The predicted octanol–water partition coefficient (Wildman–Crippen LogP) is 3.16. The summed E-state index contributed by atoms with van der Waals surface area (Å²) in [5.41, 5.74) is 2.83. The monoisotopic (exact) mass is 428 g/mol. The van der Waals surface area contributed by atoms with Gasteiger partial charge < -0.3 is 10.1 Å².